The number of piperidine rings is 6. The molecule has 0 amide bonds. The summed E-state index contributed by atoms with van der Waals surface area (Å²) in [6.07, 6.45) is 24.2. The molecular weight excluding hydrogens is 1660 g/mol. The van der Waals surface area contributed by atoms with Crippen LogP contribution >= 0.6 is 0 Å². The predicted molar refractivity (Wildman–Crippen MR) is 540 cm³/mol. The molecule has 16 heterocycles. The number of pyridine rings is 6. The van der Waals surface area contributed by atoms with Gasteiger partial charge in [0.05, 0.1) is 125 Å². The van der Waals surface area contributed by atoms with Crippen molar-refractivity contribution in [3.05, 3.63) is 144 Å². The maximum Gasteiger partial charge on any atom is 0.0913 e. The smallest absolute Gasteiger partial charge is 0.0913 e. The fourth-order valence-electron chi connectivity index (χ4n) is 19.8. The van der Waals surface area contributed by atoms with Crippen molar-refractivity contribution in [2.24, 2.45) is 0 Å². The number of likely N-dealkylation sites (N-methyl/N-ethyl adjacent to an activating group) is 3. The van der Waals surface area contributed by atoms with Gasteiger partial charge in [0.1, 0.15) is 0 Å². The summed E-state index contributed by atoms with van der Waals surface area (Å²) in [4.78, 5) is 57.7. The number of methoxy groups -OCH3 is 1. The predicted octanol–water partition coefficient (Wildman–Crippen LogP) is 12.3. The first-order valence-corrected chi connectivity index (χ1v) is 50.5. The van der Waals surface area contributed by atoms with Crippen molar-refractivity contribution in [2.45, 2.75) is 242 Å². The fourth-order valence-corrected chi connectivity index (χ4v) is 19.8. The number of rotatable bonds is 24. The highest BCUT2D eigenvalue weighted by Crippen LogP contribution is 2.36. The van der Waals surface area contributed by atoms with Crippen molar-refractivity contribution in [3.8, 4) is 0 Å². The molecule has 0 saturated carbocycles. The first-order valence-electron chi connectivity index (χ1n) is 50.5. The topological polar surface area (TPSA) is 259 Å². The minimum absolute atomic E-state index is 0.422. The second-order valence-electron chi connectivity index (χ2n) is 42.5. The van der Waals surface area contributed by atoms with Crippen LogP contribution in [0.3, 0.4) is 0 Å². The molecule has 0 spiro atoms. The Morgan fingerprint density at radius 1 is 0.288 bits per heavy atom. The van der Waals surface area contributed by atoms with E-state index < -0.39 is 33.6 Å². The zero-order chi connectivity index (χ0) is 94.8. The van der Waals surface area contributed by atoms with Crippen molar-refractivity contribution in [2.75, 3.05) is 274 Å². The van der Waals surface area contributed by atoms with Crippen LogP contribution in [0.15, 0.2) is 110 Å². The van der Waals surface area contributed by atoms with Gasteiger partial charge in [-0.2, -0.15) is 0 Å². The van der Waals surface area contributed by atoms with E-state index >= 15 is 0 Å². The number of hydrogen-bond donors (Lipinski definition) is 6. The lowest BCUT2D eigenvalue weighted by atomic mass is 9.90. The Hall–Kier alpha value is -6.90. The average Bonchev–Trinajstić information content (AvgIpc) is 0.992. The first-order chi connectivity index (χ1) is 62.9. The lowest BCUT2D eigenvalue weighted by molar-refractivity contribution is -0.0472. The van der Waals surface area contributed by atoms with Gasteiger partial charge in [0, 0.05) is 218 Å². The Bertz CT molecular complexity index is 4110. The molecule has 6 aromatic rings. The zero-order valence-electron chi connectivity index (χ0n) is 84.4. The Morgan fingerprint density at radius 2 is 0.492 bits per heavy atom. The third-order valence-corrected chi connectivity index (χ3v) is 29.1. The maximum absolute atomic E-state index is 11.0. The van der Waals surface area contributed by atoms with Crippen molar-refractivity contribution >= 4 is 34.1 Å². The normalized spacial score (nSPS) is 21.6. The number of ether oxygens (including phenoxy) is 2. The highest BCUT2D eigenvalue weighted by Gasteiger charge is 2.41. The van der Waals surface area contributed by atoms with E-state index in [2.05, 4.69) is 264 Å². The van der Waals surface area contributed by atoms with Gasteiger partial charge in [-0.05, 0) is 239 Å². The highest BCUT2D eigenvalue weighted by atomic mass is 16.5. The average molecular weight is 1830 g/mol. The number of β-amino-alcohol motifs (C(OH)–C–C–N with tert-alkyl or cyclic N) is 4. The second kappa shape index (κ2) is 49.9. The summed E-state index contributed by atoms with van der Waals surface area (Å²) < 4.78 is 10.5. The van der Waals surface area contributed by atoms with Gasteiger partial charge in [-0.15, -0.1) is 0 Å². The number of aromatic nitrogens is 6. The summed E-state index contributed by atoms with van der Waals surface area (Å²) >= 11 is 0. The summed E-state index contributed by atoms with van der Waals surface area (Å²) in [5.74, 6) is 2.80. The minimum Gasteiger partial charge on any atom is -0.388 e. The molecule has 6 aromatic heterocycles. The van der Waals surface area contributed by atoms with E-state index in [-0.39, 0.29) is 0 Å². The van der Waals surface area contributed by atoms with E-state index in [4.69, 9.17) is 9.47 Å². The quantitative estimate of drug-likeness (QED) is 0.0329. The van der Waals surface area contributed by atoms with Crippen molar-refractivity contribution in [1.29, 1.82) is 0 Å². The summed E-state index contributed by atoms with van der Waals surface area (Å²) in [7, 11) is 10.0. The number of anilines is 6. The van der Waals surface area contributed by atoms with Crippen LogP contribution in [0.1, 0.15) is 243 Å². The standard InChI is InChI=1S/2C19H32N4O.C18H29N3O2.C18H29N3O.C16H27N3O.C15H24N2O2/c2*1-16(2)18-5-4-17(14-20-18)23-8-6-19(24,7-9-23)15-22-12-10-21(3)11-13-22;1-15(2)17-4-3-16(13-19-17)21-7-5-18(22,6-8-21)14-20-9-11-23-12-10-20;1-15(2)17-6-5-16(13-19-17)21-11-7-18(22,8-12-21)14-20-9-3-4-10-20;1-13(2)15-6-5-14(11-17-15)19-9-7-16(20,8-10-19)12-18(3)4;1-12(2)14-5-4-13(10-16-14)17-8-6-15(18,7-9-17)11-19-3/h2*4-5,14,16,24H,6-13,15H2,1-3H3;3-4,13,15,22H,5-12,14H2,1-2H3;5-6,13,15,22H,3-4,7-12,14H2,1-2H3;5-6,11,13,20H,7-10,12H2,1-4H3;4-5,10,12,18H,6-9,11H2,1-3H3. The monoisotopic (exact) mass is 1830 g/mol. The van der Waals surface area contributed by atoms with Crippen LogP contribution in [-0.4, -0.2) is 373 Å². The van der Waals surface area contributed by atoms with E-state index in [1.807, 2.05) is 51.3 Å². The molecule has 10 fully saturated rings. The molecule has 0 radical (unpaired) electrons. The summed E-state index contributed by atoms with van der Waals surface area (Å²) in [6, 6.07) is 25.7. The van der Waals surface area contributed by atoms with Gasteiger partial charge in [-0.3, -0.25) is 44.6 Å². The lowest BCUT2D eigenvalue weighted by Gasteiger charge is -2.43. The molecule has 0 aromatic carbocycles. The van der Waals surface area contributed by atoms with Gasteiger partial charge in [0.25, 0.3) is 0 Å². The first kappa shape index (κ1) is 106. The van der Waals surface area contributed by atoms with E-state index in [1.165, 1.54) is 41.3 Å². The van der Waals surface area contributed by atoms with Crippen LogP contribution in [0.5, 0.6) is 0 Å². The van der Waals surface area contributed by atoms with E-state index in [0.29, 0.717) is 42.1 Å². The molecule has 10 saturated heterocycles. The van der Waals surface area contributed by atoms with Crippen LogP contribution in [0.4, 0.5) is 34.1 Å². The van der Waals surface area contributed by atoms with Crippen LogP contribution < -0.4 is 29.4 Å². The molecule has 132 heavy (non-hydrogen) atoms. The molecule has 27 nitrogen and oxygen atoms in total. The van der Waals surface area contributed by atoms with E-state index in [1.54, 1.807) is 7.11 Å². The Morgan fingerprint density at radius 3 is 0.689 bits per heavy atom. The maximum atomic E-state index is 11.0. The summed E-state index contributed by atoms with van der Waals surface area (Å²) in [5, 5.41) is 64.5. The van der Waals surface area contributed by atoms with Gasteiger partial charge < -0.3 is 89.1 Å². The molecule has 6 N–H and O–H groups in total. The molecule has 27 heteroatoms. The van der Waals surface area contributed by atoms with Crippen LogP contribution in [0, 0.1) is 0 Å². The SMILES string of the molecule is CC(C)c1ccc(N2CCC(O)(CN(C)C)CC2)cn1.CC(C)c1ccc(N2CCC(O)(CN3CCCC3)CC2)cn1.CC(C)c1ccc(N2CCC(O)(CN3CCN(C)CC3)CC2)cn1.CC(C)c1ccc(N2CCC(O)(CN3CCN(C)CC3)CC2)cn1.CC(C)c1ccc(N2CCC(O)(CN3CCOCC3)CC2)cn1.COCC1(O)CCN(c2ccc(C(C)C)nc2)CC1. The lowest BCUT2D eigenvalue weighted by Crippen LogP contribution is -2.54. The molecule has 0 bridgehead atoms. The molecule has 0 atom stereocenters. The van der Waals surface area contributed by atoms with Crippen molar-refractivity contribution in [3.63, 3.8) is 0 Å². The van der Waals surface area contributed by atoms with Gasteiger partial charge in [-0.25, -0.2) is 0 Å². The molecule has 736 valence electrons. The zero-order valence-corrected chi connectivity index (χ0v) is 84.4. The van der Waals surface area contributed by atoms with Crippen LogP contribution in [0.25, 0.3) is 0 Å². The van der Waals surface area contributed by atoms with Gasteiger partial charge in [0.15, 0.2) is 0 Å². The Kier molecular flexibility index (Phi) is 39.9. The van der Waals surface area contributed by atoms with Crippen LogP contribution in [0.2, 0.25) is 0 Å². The minimum atomic E-state index is -0.656. The summed E-state index contributed by atoms with van der Waals surface area (Å²) in [5.41, 5.74) is 10.5. The van der Waals surface area contributed by atoms with Gasteiger partial charge >= 0.3 is 0 Å². The highest BCUT2D eigenvalue weighted by molar-refractivity contribution is 5.50. The number of piperazine rings is 2. The van der Waals surface area contributed by atoms with Crippen molar-refractivity contribution in [1.82, 2.24) is 64.2 Å². The molecule has 0 aliphatic carbocycles. The molecule has 16 rings (SSSR count). The second-order valence-corrected chi connectivity index (χ2v) is 42.5. The largest absolute Gasteiger partial charge is 0.388 e. The molecule has 10 aliphatic rings. The third kappa shape index (κ3) is 32.6. The number of morpholine rings is 1. The third-order valence-electron chi connectivity index (χ3n) is 29.1. The fraction of sp³-hybridized carbons (Fsp3) is 0.714. The van der Waals surface area contributed by atoms with Crippen LogP contribution in [-0.2, 0) is 9.47 Å². The van der Waals surface area contributed by atoms with E-state index in [9.17, 15) is 30.6 Å². The molecule has 0 unspecified atom stereocenters. The number of nitrogens with zero attached hydrogens (tertiary/aromatic N) is 19. The summed E-state index contributed by atoms with van der Waals surface area (Å²) in [6.45, 7) is 55.6. The molecule has 10 aliphatic heterocycles. The number of hydrogen-bond acceptors (Lipinski definition) is 27. The van der Waals surface area contributed by atoms with Gasteiger partial charge in [-0.1, -0.05) is 83.1 Å². The van der Waals surface area contributed by atoms with E-state index in [0.717, 1.165) is 320 Å². The number of likely N-dealkylation sites (tertiary alicyclic amines) is 1. The molecular formula is C105H173N19O8. The Labute approximate surface area is 794 Å². The number of aliphatic hydroxyl groups is 6. The van der Waals surface area contributed by atoms with Crippen molar-refractivity contribution < 1.29 is 40.1 Å². The Balaban J connectivity index is 0.000000153. The van der Waals surface area contributed by atoms with Gasteiger partial charge in [0.2, 0.25) is 0 Å².